The Hall–Kier alpha value is -2.28. The molecule has 0 aromatic heterocycles. The second-order valence-electron chi connectivity index (χ2n) is 4.37. The lowest BCUT2D eigenvalue weighted by Crippen LogP contribution is -2.34. The number of ether oxygens (including phenoxy) is 1. The van der Waals surface area contributed by atoms with Gasteiger partial charge < -0.3 is 9.64 Å². The van der Waals surface area contributed by atoms with Crippen molar-refractivity contribution in [3.05, 3.63) is 35.4 Å². The first-order valence-electron chi connectivity index (χ1n) is 6.70. The predicted molar refractivity (Wildman–Crippen MR) is 77.3 cm³/mol. The number of nitrogens with zero attached hydrogens (tertiary/aromatic N) is 1. The average Bonchev–Trinajstić information content (AvgIpc) is 2.47. The Bertz CT molecular complexity index is 511. The fourth-order valence-electron chi connectivity index (χ4n) is 1.77. The maximum atomic E-state index is 11.9. The fourth-order valence-corrected chi connectivity index (χ4v) is 1.77. The zero-order valence-corrected chi connectivity index (χ0v) is 11.9. The summed E-state index contributed by atoms with van der Waals surface area (Å²) in [4.78, 5) is 25.3. The van der Waals surface area contributed by atoms with Gasteiger partial charge in [0.05, 0.1) is 5.56 Å². The largest absolute Gasteiger partial charge is 0.417 e. The van der Waals surface area contributed by atoms with E-state index in [4.69, 9.17) is 11.2 Å². The van der Waals surface area contributed by atoms with Crippen LogP contribution in [0.5, 0.6) is 0 Å². The molecule has 0 bridgehead atoms. The van der Waals surface area contributed by atoms with Crippen molar-refractivity contribution >= 4 is 12.1 Å². The first-order valence-corrected chi connectivity index (χ1v) is 6.70. The van der Waals surface area contributed by atoms with Crippen molar-refractivity contribution in [3.63, 3.8) is 0 Å². The number of benzene rings is 1. The van der Waals surface area contributed by atoms with Gasteiger partial charge in [-0.15, -0.1) is 6.42 Å². The average molecular weight is 273 g/mol. The van der Waals surface area contributed by atoms with E-state index in [1.807, 2.05) is 13.8 Å². The van der Waals surface area contributed by atoms with Gasteiger partial charge in [0.1, 0.15) is 0 Å². The summed E-state index contributed by atoms with van der Waals surface area (Å²) in [5.74, 6) is 1.76. The van der Waals surface area contributed by atoms with Crippen molar-refractivity contribution in [3.8, 4) is 12.3 Å². The second-order valence-corrected chi connectivity index (χ2v) is 4.37. The molecule has 0 aliphatic heterocycles. The van der Waals surface area contributed by atoms with Gasteiger partial charge >= 0.3 is 12.1 Å². The van der Waals surface area contributed by atoms with Gasteiger partial charge in [0.15, 0.2) is 0 Å². The molecule has 0 radical (unpaired) electrons. The number of hydrogen-bond acceptors (Lipinski definition) is 3. The Morgan fingerprint density at radius 3 is 2.45 bits per heavy atom. The van der Waals surface area contributed by atoms with Gasteiger partial charge in [0, 0.05) is 18.7 Å². The van der Waals surface area contributed by atoms with E-state index in [1.54, 1.807) is 18.2 Å². The van der Waals surface area contributed by atoms with Crippen LogP contribution in [0, 0.1) is 12.3 Å². The van der Waals surface area contributed by atoms with Crippen LogP contribution in [0.2, 0.25) is 0 Å². The van der Waals surface area contributed by atoms with Crippen molar-refractivity contribution in [1.29, 1.82) is 0 Å². The number of rotatable bonds is 5. The Labute approximate surface area is 119 Å². The van der Waals surface area contributed by atoms with E-state index in [0.717, 1.165) is 12.8 Å². The van der Waals surface area contributed by atoms with E-state index >= 15 is 0 Å². The third kappa shape index (κ3) is 4.43. The molecule has 106 valence electrons. The molecule has 0 heterocycles. The SMILES string of the molecule is C#Cc1cccc(C(=O)OC(=O)N(CCC)CCC)c1. The van der Waals surface area contributed by atoms with E-state index in [-0.39, 0.29) is 5.56 Å². The molecule has 0 aliphatic rings. The molecule has 1 amide bonds. The van der Waals surface area contributed by atoms with Crippen LogP contribution >= 0.6 is 0 Å². The quantitative estimate of drug-likeness (QED) is 0.470. The molecule has 0 N–H and O–H groups in total. The number of amides is 1. The number of esters is 1. The smallest absolute Gasteiger partial charge is 0.372 e. The molecule has 1 rings (SSSR count). The third-order valence-corrected chi connectivity index (χ3v) is 2.69. The summed E-state index contributed by atoms with van der Waals surface area (Å²) in [5.41, 5.74) is 0.854. The summed E-state index contributed by atoms with van der Waals surface area (Å²) in [7, 11) is 0. The highest BCUT2D eigenvalue weighted by Gasteiger charge is 2.18. The summed E-state index contributed by atoms with van der Waals surface area (Å²) >= 11 is 0. The Kier molecular flexibility index (Phi) is 6.31. The molecule has 4 nitrogen and oxygen atoms in total. The van der Waals surface area contributed by atoms with E-state index in [9.17, 15) is 9.59 Å². The monoisotopic (exact) mass is 273 g/mol. The van der Waals surface area contributed by atoms with Crippen LogP contribution in [0.1, 0.15) is 42.6 Å². The van der Waals surface area contributed by atoms with Gasteiger partial charge in [-0.3, -0.25) is 0 Å². The topological polar surface area (TPSA) is 46.6 Å². The Morgan fingerprint density at radius 1 is 1.25 bits per heavy atom. The number of hydrogen-bond donors (Lipinski definition) is 0. The predicted octanol–water partition coefficient (Wildman–Crippen LogP) is 3.07. The van der Waals surface area contributed by atoms with Crippen LogP contribution in [0.3, 0.4) is 0 Å². The zero-order valence-electron chi connectivity index (χ0n) is 11.9. The molecule has 4 heteroatoms. The van der Waals surface area contributed by atoms with Crippen LogP contribution in [0.4, 0.5) is 4.79 Å². The zero-order chi connectivity index (χ0) is 15.0. The van der Waals surface area contributed by atoms with Crippen LogP contribution in [0.25, 0.3) is 0 Å². The summed E-state index contributed by atoms with van der Waals surface area (Å²) in [6.07, 6.45) is 6.29. The normalized spacial score (nSPS) is 9.65. The first-order chi connectivity index (χ1) is 9.62. The molecule has 20 heavy (non-hydrogen) atoms. The standard InChI is InChI=1S/C16H19NO3/c1-4-10-17(11-5-2)16(19)20-15(18)14-9-7-8-13(6-3)12-14/h3,7-9,12H,4-5,10-11H2,1-2H3. The van der Waals surface area contributed by atoms with Crippen molar-refractivity contribution in [1.82, 2.24) is 4.90 Å². The number of carbonyl (C=O) groups is 2. The van der Waals surface area contributed by atoms with E-state index < -0.39 is 12.1 Å². The van der Waals surface area contributed by atoms with E-state index in [1.165, 1.54) is 11.0 Å². The lowest BCUT2D eigenvalue weighted by Gasteiger charge is -2.19. The summed E-state index contributed by atoms with van der Waals surface area (Å²) in [6, 6.07) is 6.46. The van der Waals surface area contributed by atoms with Gasteiger partial charge in [-0.05, 0) is 31.0 Å². The van der Waals surface area contributed by atoms with Gasteiger partial charge in [-0.1, -0.05) is 25.8 Å². The maximum Gasteiger partial charge on any atom is 0.417 e. The van der Waals surface area contributed by atoms with Gasteiger partial charge in [0.25, 0.3) is 0 Å². The van der Waals surface area contributed by atoms with Crippen LogP contribution in [0.15, 0.2) is 24.3 Å². The first kappa shape index (κ1) is 15.8. The summed E-state index contributed by atoms with van der Waals surface area (Å²) < 4.78 is 4.88. The molecule has 0 aliphatic carbocycles. The van der Waals surface area contributed by atoms with Crippen molar-refractivity contribution in [2.75, 3.05) is 13.1 Å². The van der Waals surface area contributed by atoms with E-state index in [2.05, 4.69) is 5.92 Å². The molecule has 0 atom stereocenters. The lowest BCUT2D eigenvalue weighted by molar-refractivity contribution is 0.0541. The lowest BCUT2D eigenvalue weighted by atomic mass is 10.1. The van der Waals surface area contributed by atoms with Crippen LogP contribution in [-0.4, -0.2) is 30.1 Å². The maximum absolute atomic E-state index is 11.9. The third-order valence-electron chi connectivity index (χ3n) is 2.69. The summed E-state index contributed by atoms with van der Waals surface area (Å²) in [6.45, 7) is 5.08. The highest BCUT2D eigenvalue weighted by atomic mass is 16.6. The minimum absolute atomic E-state index is 0.279. The molecular weight excluding hydrogens is 254 g/mol. The van der Waals surface area contributed by atoms with Crippen LogP contribution in [-0.2, 0) is 4.74 Å². The van der Waals surface area contributed by atoms with Gasteiger partial charge in [0.2, 0.25) is 0 Å². The van der Waals surface area contributed by atoms with Gasteiger partial charge in [-0.25, -0.2) is 9.59 Å². The minimum atomic E-state index is -0.677. The van der Waals surface area contributed by atoms with Crippen molar-refractivity contribution < 1.29 is 14.3 Å². The molecule has 1 aromatic carbocycles. The molecular formula is C16H19NO3. The van der Waals surface area contributed by atoms with E-state index in [0.29, 0.717) is 18.7 Å². The molecule has 0 fully saturated rings. The Morgan fingerprint density at radius 2 is 1.90 bits per heavy atom. The second kappa shape index (κ2) is 8.00. The molecule has 0 saturated heterocycles. The molecule has 1 aromatic rings. The molecule has 0 spiro atoms. The number of carbonyl (C=O) groups excluding carboxylic acids is 2. The van der Waals surface area contributed by atoms with Crippen LogP contribution < -0.4 is 0 Å². The Balaban J connectivity index is 2.73. The number of terminal acetylenes is 1. The minimum Gasteiger partial charge on any atom is -0.372 e. The van der Waals surface area contributed by atoms with Crippen molar-refractivity contribution in [2.24, 2.45) is 0 Å². The highest BCUT2D eigenvalue weighted by Crippen LogP contribution is 2.08. The van der Waals surface area contributed by atoms with Gasteiger partial charge in [-0.2, -0.15) is 0 Å². The fraction of sp³-hybridized carbons (Fsp3) is 0.375. The van der Waals surface area contributed by atoms with Crippen molar-refractivity contribution in [2.45, 2.75) is 26.7 Å². The molecule has 0 unspecified atom stereocenters. The highest BCUT2D eigenvalue weighted by molar-refractivity contribution is 5.96. The molecule has 0 saturated carbocycles. The summed E-state index contributed by atoms with van der Waals surface area (Å²) in [5, 5.41) is 0.